The number of hydrogen-bond donors (Lipinski definition) is 1. The maximum absolute atomic E-state index is 5.80. The van der Waals surface area contributed by atoms with Crippen molar-refractivity contribution < 1.29 is 4.74 Å². The molecule has 0 saturated heterocycles. The second-order valence-corrected chi connectivity index (χ2v) is 5.79. The molecule has 0 radical (unpaired) electrons. The Hall–Kier alpha value is -1.02. The van der Waals surface area contributed by atoms with Crippen LogP contribution in [0, 0.1) is 0 Å². The van der Waals surface area contributed by atoms with Crippen molar-refractivity contribution in [2.45, 2.75) is 64.3 Å². The van der Waals surface area contributed by atoms with Gasteiger partial charge in [-0.05, 0) is 31.0 Å². The third-order valence-electron chi connectivity index (χ3n) is 4.33. The molecule has 2 unspecified atom stereocenters. The summed E-state index contributed by atoms with van der Waals surface area (Å²) in [5, 5.41) is 3.71. The zero-order chi connectivity index (χ0) is 14.2. The van der Waals surface area contributed by atoms with Crippen molar-refractivity contribution in [3.8, 4) is 5.75 Å². The van der Waals surface area contributed by atoms with E-state index in [4.69, 9.17) is 4.74 Å². The molecule has 2 heteroatoms. The van der Waals surface area contributed by atoms with Crippen LogP contribution in [-0.4, -0.2) is 19.2 Å². The SMILES string of the molecule is CCCCCCC(NCC)C1CCOc2ccccc21. The Morgan fingerprint density at radius 1 is 1.20 bits per heavy atom. The van der Waals surface area contributed by atoms with E-state index in [0.29, 0.717) is 12.0 Å². The van der Waals surface area contributed by atoms with Crippen LogP contribution >= 0.6 is 0 Å². The number of rotatable bonds is 8. The Bertz CT molecular complexity index is 391. The van der Waals surface area contributed by atoms with Gasteiger partial charge in [0.2, 0.25) is 0 Å². The summed E-state index contributed by atoms with van der Waals surface area (Å²) in [6.45, 7) is 6.40. The Morgan fingerprint density at radius 2 is 2.05 bits per heavy atom. The normalized spacial score (nSPS) is 19.2. The van der Waals surface area contributed by atoms with E-state index < -0.39 is 0 Å². The molecule has 0 saturated carbocycles. The fraction of sp³-hybridized carbons (Fsp3) is 0.667. The second kappa shape index (κ2) is 8.31. The van der Waals surface area contributed by atoms with Crippen LogP contribution in [0.2, 0.25) is 0 Å². The molecular formula is C18H29NO. The highest BCUT2D eigenvalue weighted by atomic mass is 16.5. The molecule has 0 aliphatic carbocycles. The first-order chi connectivity index (χ1) is 9.86. The van der Waals surface area contributed by atoms with Gasteiger partial charge in [0.15, 0.2) is 0 Å². The van der Waals surface area contributed by atoms with Gasteiger partial charge in [-0.3, -0.25) is 0 Å². The molecule has 1 aliphatic rings. The smallest absolute Gasteiger partial charge is 0.122 e. The van der Waals surface area contributed by atoms with Crippen LogP contribution in [-0.2, 0) is 0 Å². The molecular weight excluding hydrogens is 246 g/mol. The summed E-state index contributed by atoms with van der Waals surface area (Å²) >= 11 is 0. The van der Waals surface area contributed by atoms with Crippen LogP contribution < -0.4 is 10.1 Å². The van der Waals surface area contributed by atoms with Crippen LogP contribution in [0.5, 0.6) is 5.75 Å². The molecule has 1 aromatic carbocycles. The number of unbranched alkanes of at least 4 members (excludes halogenated alkanes) is 3. The number of hydrogen-bond acceptors (Lipinski definition) is 2. The highest BCUT2D eigenvalue weighted by molar-refractivity contribution is 5.38. The van der Waals surface area contributed by atoms with Crippen molar-refractivity contribution in [1.82, 2.24) is 5.32 Å². The summed E-state index contributed by atoms with van der Waals surface area (Å²) in [7, 11) is 0. The summed E-state index contributed by atoms with van der Waals surface area (Å²) in [5.41, 5.74) is 1.40. The minimum absolute atomic E-state index is 0.599. The Morgan fingerprint density at radius 3 is 2.85 bits per heavy atom. The predicted molar refractivity (Wildman–Crippen MR) is 85.5 cm³/mol. The van der Waals surface area contributed by atoms with Gasteiger partial charge in [0.25, 0.3) is 0 Å². The Labute approximate surface area is 123 Å². The first-order valence-electron chi connectivity index (χ1n) is 8.32. The Balaban J connectivity index is 2.02. The van der Waals surface area contributed by atoms with Crippen LogP contribution in [0.25, 0.3) is 0 Å². The monoisotopic (exact) mass is 275 g/mol. The number of benzene rings is 1. The van der Waals surface area contributed by atoms with Gasteiger partial charge in [-0.15, -0.1) is 0 Å². The molecule has 0 spiro atoms. The lowest BCUT2D eigenvalue weighted by Gasteiger charge is -2.33. The van der Waals surface area contributed by atoms with E-state index in [9.17, 15) is 0 Å². The molecule has 0 aromatic heterocycles. The third kappa shape index (κ3) is 3.99. The molecule has 2 atom stereocenters. The number of ether oxygens (including phenoxy) is 1. The first kappa shape index (κ1) is 15.4. The van der Waals surface area contributed by atoms with Gasteiger partial charge in [-0.25, -0.2) is 0 Å². The van der Waals surface area contributed by atoms with Crippen LogP contribution in [0.1, 0.15) is 63.9 Å². The van der Waals surface area contributed by atoms with Gasteiger partial charge < -0.3 is 10.1 Å². The average Bonchev–Trinajstić information content (AvgIpc) is 2.50. The molecule has 0 bridgehead atoms. The summed E-state index contributed by atoms with van der Waals surface area (Å²) in [6.07, 6.45) is 7.80. The summed E-state index contributed by atoms with van der Waals surface area (Å²) in [5.74, 6) is 1.71. The van der Waals surface area contributed by atoms with Crippen molar-refractivity contribution in [3.05, 3.63) is 29.8 Å². The van der Waals surface area contributed by atoms with E-state index in [2.05, 4.69) is 43.4 Å². The molecule has 20 heavy (non-hydrogen) atoms. The summed E-state index contributed by atoms with van der Waals surface area (Å²) < 4.78 is 5.80. The van der Waals surface area contributed by atoms with Gasteiger partial charge in [-0.1, -0.05) is 57.7 Å². The van der Waals surface area contributed by atoms with Gasteiger partial charge >= 0.3 is 0 Å². The number of fused-ring (bicyclic) bond motifs is 1. The number of nitrogens with one attached hydrogen (secondary N) is 1. The molecule has 1 N–H and O–H groups in total. The number of para-hydroxylation sites is 1. The van der Waals surface area contributed by atoms with Crippen LogP contribution in [0.15, 0.2) is 24.3 Å². The maximum Gasteiger partial charge on any atom is 0.122 e. The fourth-order valence-electron chi connectivity index (χ4n) is 3.29. The zero-order valence-corrected chi connectivity index (χ0v) is 13.0. The topological polar surface area (TPSA) is 21.3 Å². The molecule has 0 amide bonds. The fourth-order valence-corrected chi connectivity index (χ4v) is 3.29. The highest BCUT2D eigenvalue weighted by Gasteiger charge is 2.27. The molecule has 0 fully saturated rings. The highest BCUT2D eigenvalue weighted by Crippen LogP contribution is 2.36. The molecule has 1 aromatic rings. The Kier molecular flexibility index (Phi) is 6.38. The second-order valence-electron chi connectivity index (χ2n) is 5.79. The van der Waals surface area contributed by atoms with E-state index in [1.807, 2.05) is 0 Å². The number of likely N-dealkylation sites (N-methyl/N-ethyl adjacent to an activating group) is 1. The first-order valence-corrected chi connectivity index (χ1v) is 8.32. The van der Waals surface area contributed by atoms with Crippen molar-refractivity contribution in [2.24, 2.45) is 0 Å². The minimum atomic E-state index is 0.599. The van der Waals surface area contributed by atoms with E-state index in [1.54, 1.807) is 0 Å². The van der Waals surface area contributed by atoms with Gasteiger partial charge in [0.05, 0.1) is 6.61 Å². The van der Waals surface area contributed by atoms with Crippen molar-refractivity contribution in [1.29, 1.82) is 0 Å². The van der Waals surface area contributed by atoms with Crippen molar-refractivity contribution in [3.63, 3.8) is 0 Å². The zero-order valence-electron chi connectivity index (χ0n) is 13.0. The third-order valence-corrected chi connectivity index (χ3v) is 4.33. The van der Waals surface area contributed by atoms with E-state index >= 15 is 0 Å². The van der Waals surface area contributed by atoms with Crippen LogP contribution in [0.4, 0.5) is 0 Å². The van der Waals surface area contributed by atoms with E-state index in [-0.39, 0.29) is 0 Å². The summed E-state index contributed by atoms with van der Waals surface area (Å²) in [6, 6.07) is 9.17. The minimum Gasteiger partial charge on any atom is -0.493 e. The summed E-state index contributed by atoms with van der Waals surface area (Å²) in [4.78, 5) is 0. The van der Waals surface area contributed by atoms with Gasteiger partial charge in [0, 0.05) is 12.0 Å². The lowest BCUT2D eigenvalue weighted by Crippen LogP contribution is -2.37. The van der Waals surface area contributed by atoms with Crippen LogP contribution in [0.3, 0.4) is 0 Å². The van der Waals surface area contributed by atoms with Crippen molar-refractivity contribution in [2.75, 3.05) is 13.2 Å². The predicted octanol–water partition coefficient (Wildman–Crippen LogP) is 4.50. The van der Waals surface area contributed by atoms with Gasteiger partial charge in [0.1, 0.15) is 5.75 Å². The average molecular weight is 275 g/mol. The quantitative estimate of drug-likeness (QED) is 0.705. The standard InChI is InChI=1S/C18H29NO/c1-3-5-6-7-11-17(19-4-2)15-13-14-20-18-12-9-8-10-16(15)18/h8-10,12,15,17,19H,3-7,11,13-14H2,1-2H3. The molecule has 1 heterocycles. The molecule has 2 rings (SSSR count). The molecule has 2 nitrogen and oxygen atoms in total. The van der Waals surface area contributed by atoms with E-state index in [1.165, 1.54) is 37.7 Å². The van der Waals surface area contributed by atoms with Gasteiger partial charge in [-0.2, -0.15) is 0 Å². The van der Waals surface area contributed by atoms with Crippen molar-refractivity contribution >= 4 is 0 Å². The van der Waals surface area contributed by atoms with E-state index in [0.717, 1.165) is 25.3 Å². The largest absolute Gasteiger partial charge is 0.493 e. The molecule has 1 aliphatic heterocycles. The lowest BCUT2D eigenvalue weighted by atomic mass is 9.84. The molecule has 112 valence electrons. The maximum atomic E-state index is 5.80. The lowest BCUT2D eigenvalue weighted by molar-refractivity contribution is 0.240.